The number of hydrogen-bond acceptors (Lipinski definition) is 3. The van der Waals surface area contributed by atoms with Crippen LogP contribution in [0.4, 0.5) is 19.0 Å². The van der Waals surface area contributed by atoms with Gasteiger partial charge in [-0.3, -0.25) is 5.73 Å². The van der Waals surface area contributed by atoms with Gasteiger partial charge in [0.2, 0.25) is 0 Å². The average Bonchev–Trinajstić information content (AvgIpc) is 2.09. The molecule has 0 saturated carbocycles. The highest BCUT2D eigenvalue weighted by Gasteiger charge is 2.28. The summed E-state index contributed by atoms with van der Waals surface area (Å²) in [4.78, 5) is 11.7. The van der Waals surface area contributed by atoms with Crippen LogP contribution in [0, 0.1) is 6.92 Å². The Morgan fingerprint density at radius 1 is 1.47 bits per heavy atom. The maximum atomic E-state index is 10.5. The number of carboxylic acid groups (broad SMARTS) is 1. The van der Waals surface area contributed by atoms with Crippen molar-refractivity contribution in [1.82, 2.24) is 0 Å². The fraction of sp³-hybridized carbons (Fsp3) is 0.250. The first-order valence-electron chi connectivity index (χ1n) is 3.75. The number of nitrogen functional groups attached to an aromatic ring is 1. The minimum atomic E-state index is -5.19. The third-order valence-electron chi connectivity index (χ3n) is 1.22. The van der Waals surface area contributed by atoms with Gasteiger partial charge in [0, 0.05) is 6.07 Å². The molecule has 0 spiro atoms. The lowest BCUT2D eigenvalue weighted by Crippen LogP contribution is -2.37. The van der Waals surface area contributed by atoms with Crippen molar-refractivity contribution in [3.8, 4) is 0 Å². The number of aliphatic carboxylic acids is 1. The van der Waals surface area contributed by atoms with E-state index in [0.717, 1.165) is 0 Å². The molecule has 0 aliphatic rings. The lowest BCUT2D eigenvalue weighted by atomic mass is 10.3. The zero-order valence-corrected chi connectivity index (χ0v) is 7.76. The third kappa shape index (κ3) is 6.30. The van der Waals surface area contributed by atoms with Crippen LogP contribution in [0.1, 0.15) is 5.56 Å². The van der Waals surface area contributed by atoms with Crippen LogP contribution in [-0.2, 0) is 4.79 Å². The number of nitrogens with two attached hydrogens (primary N) is 1. The van der Waals surface area contributed by atoms with Gasteiger partial charge < -0.3 is 9.90 Å². The van der Waals surface area contributed by atoms with Crippen molar-refractivity contribution in [2.45, 2.75) is 13.1 Å². The van der Waals surface area contributed by atoms with Crippen LogP contribution in [0.3, 0.4) is 0 Å². The Morgan fingerprint density at radius 3 is 2.13 bits per heavy atom. The molecule has 1 rings (SSSR count). The van der Waals surface area contributed by atoms with Gasteiger partial charge in [0.05, 0.1) is 6.20 Å². The maximum absolute atomic E-state index is 10.5. The van der Waals surface area contributed by atoms with E-state index in [1.807, 2.05) is 25.3 Å². The van der Waals surface area contributed by atoms with Crippen molar-refractivity contribution in [2.75, 3.05) is 5.73 Å². The number of aromatic amines is 1. The second-order valence-electron chi connectivity index (χ2n) is 2.61. The van der Waals surface area contributed by atoms with Gasteiger partial charge in [0.1, 0.15) is 5.97 Å². The Balaban J connectivity index is 0.000000265. The monoisotopic (exact) mass is 222 g/mol. The lowest BCUT2D eigenvalue weighted by Gasteiger charge is -2.03. The van der Waals surface area contributed by atoms with Crippen molar-refractivity contribution < 1.29 is 28.1 Å². The summed E-state index contributed by atoms with van der Waals surface area (Å²) in [5.74, 6) is -2.30. The SMILES string of the molecule is Cc1ccc(N)[nH+]c1.O=C([O-])C(F)(F)F. The Hall–Kier alpha value is -1.79. The number of halogens is 3. The Labute approximate surface area is 83.5 Å². The fourth-order valence-corrected chi connectivity index (χ4v) is 0.515. The molecule has 0 aliphatic carbocycles. The summed E-state index contributed by atoms with van der Waals surface area (Å²) in [6.45, 7) is 2.01. The van der Waals surface area contributed by atoms with Crippen LogP contribution >= 0.6 is 0 Å². The molecule has 15 heavy (non-hydrogen) atoms. The second kappa shape index (κ2) is 5.18. The smallest absolute Gasteiger partial charge is 0.430 e. The van der Waals surface area contributed by atoms with E-state index < -0.39 is 12.1 Å². The van der Waals surface area contributed by atoms with Crippen molar-refractivity contribution >= 4 is 11.8 Å². The summed E-state index contributed by atoms with van der Waals surface area (Å²) in [6, 6.07) is 3.81. The van der Waals surface area contributed by atoms with E-state index in [1.54, 1.807) is 0 Å². The minimum Gasteiger partial charge on any atom is -0.542 e. The minimum absolute atomic E-state index is 0.704. The predicted octanol–water partition coefficient (Wildman–Crippen LogP) is -0.310. The van der Waals surface area contributed by atoms with Gasteiger partial charge in [0.25, 0.3) is 5.82 Å². The Morgan fingerprint density at radius 2 is 1.93 bits per heavy atom. The summed E-state index contributed by atoms with van der Waals surface area (Å²) in [6.07, 6.45) is -3.32. The lowest BCUT2D eigenvalue weighted by molar-refractivity contribution is -0.360. The summed E-state index contributed by atoms with van der Waals surface area (Å²) in [7, 11) is 0. The number of hydrogen-bond donors (Lipinski definition) is 1. The molecule has 3 N–H and O–H groups in total. The first-order chi connectivity index (χ1) is 6.73. The van der Waals surface area contributed by atoms with Crippen LogP contribution < -0.4 is 15.8 Å². The zero-order valence-electron chi connectivity index (χ0n) is 7.76. The average molecular weight is 222 g/mol. The Kier molecular flexibility index (Phi) is 4.56. The highest BCUT2D eigenvalue weighted by Crippen LogP contribution is 2.11. The molecule has 0 saturated heterocycles. The van der Waals surface area contributed by atoms with E-state index in [0.29, 0.717) is 5.82 Å². The van der Waals surface area contributed by atoms with Gasteiger partial charge in [-0.25, -0.2) is 4.98 Å². The molecule has 0 amide bonds. The number of anilines is 1. The number of carbonyl (C=O) groups is 1. The normalized spacial score (nSPS) is 10.1. The highest BCUT2D eigenvalue weighted by atomic mass is 19.4. The molecule has 0 radical (unpaired) electrons. The predicted molar refractivity (Wildman–Crippen MR) is 43.2 cm³/mol. The van der Waals surface area contributed by atoms with Crippen LogP contribution in [0.15, 0.2) is 18.3 Å². The molecule has 7 heteroatoms. The number of nitrogens with one attached hydrogen (secondary N) is 1. The van der Waals surface area contributed by atoms with Crippen molar-refractivity contribution in [1.29, 1.82) is 0 Å². The second-order valence-corrected chi connectivity index (χ2v) is 2.61. The van der Waals surface area contributed by atoms with Gasteiger partial charge in [-0.1, -0.05) is 0 Å². The van der Waals surface area contributed by atoms with Gasteiger partial charge in [-0.15, -0.1) is 0 Å². The van der Waals surface area contributed by atoms with Crippen molar-refractivity contribution in [3.63, 3.8) is 0 Å². The van der Waals surface area contributed by atoms with Crippen molar-refractivity contribution in [3.05, 3.63) is 23.9 Å². The van der Waals surface area contributed by atoms with E-state index in [4.69, 9.17) is 15.6 Å². The van der Waals surface area contributed by atoms with Gasteiger partial charge in [-0.2, -0.15) is 13.2 Å². The van der Waals surface area contributed by atoms with E-state index in [2.05, 4.69) is 4.98 Å². The molecule has 0 aromatic carbocycles. The molecule has 84 valence electrons. The molecule has 0 aliphatic heterocycles. The van der Waals surface area contributed by atoms with E-state index >= 15 is 0 Å². The maximum Gasteiger partial charge on any atom is 0.430 e. The van der Waals surface area contributed by atoms with E-state index in [-0.39, 0.29) is 0 Å². The molecular weight excluding hydrogens is 213 g/mol. The fourth-order valence-electron chi connectivity index (χ4n) is 0.515. The molecule has 1 heterocycles. The van der Waals surface area contributed by atoms with Crippen molar-refractivity contribution in [2.24, 2.45) is 0 Å². The highest BCUT2D eigenvalue weighted by molar-refractivity contribution is 5.70. The van der Waals surface area contributed by atoms with Crippen LogP contribution in [0.5, 0.6) is 0 Å². The number of carboxylic acids is 1. The number of H-pyrrole nitrogens is 1. The number of rotatable bonds is 0. The Bertz CT molecular complexity index is 301. The zero-order chi connectivity index (χ0) is 12.1. The third-order valence-corrected chi connectivity index (χ3v) is 1.22. The van der Waals surface area contributed by atoms with Gasteiger partial charge in [-0.05, 0) is 18.6 Å². The molecule has 0 fully saturated rings. The summed E-state index contributed by atoms with van der Waals surface area (Å²) in [5, 5.41) is 8.78. The van der Waals surface area contributed by atoms with E-state index in [1.165, 1.54) is 5.56 Å². The summed E-state index contributed by atoms with van der Waals surface area (Å²) in [5.41, 5.74) is 6.56. The van der Waals surface area contributed by atoms with Crippen LogP contribution in [0.25, 0.3) is 0 Å². The quantitative estimate of drug-likeness (QED) is 0.653. The molecule has 4 nitrogen and oxygen atoms in total. The van der Waals surface area contributed by atoms with E-state index in [9.17, 15) is 13.2 Å². The van der Waals surface area contributed by atoms with Crippen LogP contribution in [0.2, 0.25) is 0 Å². The molecule has 0 atom stereocenters. The topological polar surface area (TPSA) is 80.3 Å². The first-order valence-corrected chi connectivity index (χ1v) is 3.75. The number of alkyl halides is 3. The summed E-state index contributed by atoms with van der Waals surface area (Å²) < 4.78 is 31.5. The number of pyridine rings is 1. The van der Waals surface area contributed by atoms with Gasteiger partial charge >= 0.3 is 6.18 Å². The van der Waals surface area contributed by atoms with Crippen LogP contribution in [-0.4, -0.2) is 12.1 Å². The largest absolute Gasteiger partial charge is 0.542 e. The number of carbonyl (C=O) groups excluding carboxylic acids is 1. The molecule has 1 aromatic heterocycles. The summed E-state index contributed by atoms with van der Waals surface area (Å²) >= 11 is 0. The van der Waals surface area contributed by atoms with Gasteiger partial charge in [0.15, 0.2) is 0 Å². The molecule has 1 aromatic rings. The number of aryl methyl sites for hydroxylation is 1. The molecule has 0 unspecified atom stereocenters. The molecular formula is C8H9F3N2O2. The first kappa shape index (κ1) is 13.2. The number of aromatic nitrogens is 1. The molecule has 0 bridgehead atoms. The standard InChI is InChI=1S/C6H8N2.C2HF3O2/c1-5-2-3-6(7)8-4-5;3-2(4,5)1(6)7/h2-4H,1H3,(H2,7,8);(H,6,7).